The van der Waals surface area contributed by atoms with Crippen LogP contribution >= 0.6 is 0 Å². The van der Waals surface area contributed by atoms with Gasteiger partial charge in [-0.2, -0.15) is 0 Å². The summed E-state index contributed by atoms with van der Waals surface area (Å²) < 4.78 is 13.1. The molecular weight excluding hydrogens is 328 g/mol. The molecule has 0 spiro atoms. The molecule has 1 saturated carbocycles. The van der Waals surface area contributed by atoms with Crippen molar-refractivity contribution >= 4 is 27.7 Å². The van der Waals surface area contributed by atoms with Crippen molar-refractivity contribution in [2.24, 2.45) is 11.1 Å². The monoisotopic (exact) mass is 352 g/mol. The predicted molar refractivity (Wildman–Crippen MR) is 103 cm³/mol. The summed E-state index contributed by atoms with van der Waals surface area (Å²) in [5.74, 6) is 1.52. The Kier molecular flexibility index (Phi) is 4.02. The van der Waals surface area contributed by atoms with Crippen LogP contribution in [0.1, 0.15) is 25.7 Å². The van der Waals surface area contributed by atoms with Gasteiger partial charge in [-0.05, 0) is 49.9 Å². The first-order valence-corrected chi connectivity index (χ1v) is 9.02. The van der Waals surface area contributed by atoms with E-state index in [-0.39, 0.29) is 11.3 Å². The van der Waals surface area contributed by atoms with E-state index in [2.05, 4.69) is 28.8 Å². The fourth-order valence-electron chi connectivity index (χ4n) is 3.90. The summed E-state index contributed by atoms with van der Waals surface area (Å²) in [4.78, 5) is 11.7. The smallest absolute Gasteiger partial charge is 0.223 e. The minimum Gasteiger partial charge on any atom is -0.497 e. The van der Waals surface area contributed by atoms with Gasteiger partial charge < -0.3 is 19.8 Å². The number of fused-ring (bicyclic) bond motifs is 3. The molecule has 1 aromatic heterocycles. The molecule has 0 aliphatic heterocycles. The lowest BCUT2D eigenvalue weighted by Gasteiger charge is -2.13. The molecule has 4 rings (SSSR count). The molecule has 26 heavy (non-hydrogen) atoms. The minimum atomic E-state index is -0.256. The van der Waals surface area contributed by atoms with Crippen LogP contribution in [0.25, 0.3) is 21.8 Å². The molecule has 1 fully saturated rings. The number of benzene rings is 2. The van der Waals surface area contributed by atoms with E-state index in [0.717, 1.165) is 54.8 Å². The first-order valence-electron chi connectivity index (χ1n) is 9.02. The van der Waals surface area contributed by atoms with Crippen molar-refractivity contribution in [2.45, 2.75) is 32.2 Å². The molecule has 0 atom stereocenters. The number of hydrogen-bond donors (Lipinski definition) is 1. The summed E-state index contributed by atoms with van der Waals surface area (Å²) in [6.45, 7) is 0.829. The highest BCUT2D eigenvalue weighted by molar-refractivity contribution is 6.08. The van der Waals surface area contributed by atoms with Crippen molar-refractivity contribution in [3.63, 3.8) is 0 Å². The van der Waals surface area contributed by atoms with Gasteiger partial charge in [0.2, 0.25) is 5.91 Å². The number of carbonyl (C=O) groups is 1. The van der Waals surface area contributed by atoms with Gasteiger partial charge >= 0.3 is 0 Å². The third-order valence-electron chi connectivity index (χ3n) is 5.69. The molecule has 0 saturated heterocycles. The summed E-state index contributed by atoms with van der Waals surface area (Å²) in [5, 5.41) is 2.39. The fourth-order valence-corrected chi connectivity index (χ4v) is 3.90. The second-order valence-corrected chi connectivity index (χ2v) is 7.17. The maximum Gasteiger partial charge on any atom is 0.223 e. The van der Waals surface area contributed by atoms with Crippen LogP contribution in [0.3, 0.4) is 0 Å². The van der Waals surface area contributed by atoms with E-state index in [0.29, 0.717) is 0 Å². The van der Waals surface area contributed by atoms with Gasteiger partial charge in [0, 0.05) is 34.9 Å². The first kappa shape index (κ1) is 16.8. The first-order chi connectivity index (χ1) is 12.6. The molecule has 2 N–H and O–H groups in total. The van der Waals surface area contributed by atoms with Crippen LogP contribution in [-0.4, -0.2) is 24.7 Å². The van der Waals surface area contributed by atoms with Gasteiger partial charge in [0.25, 0.3) is 0 Å². The van der Waals surface area contributed by atoms with E-state index in [4.69, 9.17) is 15.2 Å². The van der Waals surface area contributed by atoms with Gasteiger partial charge in [-0.15, -0.1) is 0 Å². The van der Waals surface area contributed by atoms with Crippen molar-refractivity contribution in [1.29, 1.82) is 0 Å². The van der Waals surface area contributed by atoms with Gasteiger partial charge in [-0.25, -0.2) is 0 Å². The van der Waals surface area contributed by atoms with E-state index in [9.17, 15) is 4.79 Å². The van der Waals surface area contributed by atoms with Crippen LogP contribution in [0.5, 0.6) is 11.5 Å². The highest BCUT2D eigenvalue weighted by Crippen LogP contribution is 2.49. The standard InChI is InChI=1S/C21H24N2O3/c1-25-14-4-6-16-17-7-5-15(26-2)13-19(17)23(18(16)12-14)11-3-8-21(9-10-21)20(22)24/h4-7,12-13H,3,8-11H2,1-2H3,(H2,22,24). The lowest BCUT2D eigenvalue weighted by atomic mass is 9.99. The Morgan fingerprint density at radius 1 is 1.04 bits per heavy atom. The van der Waals surface area contributed by atoms with Crippen LogP contribution in [0.4, 0.5) is 0 Å². The number of rotatable bonds is 7. The number of aromatic nitrogens is 1. The molecule has 0 bridgehead atoms. The second-order valence-electron chi connectivity index (χ2n) is 7.17. The fraction of sp³-hybridized carbons (Fsp3) is 0.381. The van der Waals surface area contributed by atoms with Crippen LogP contribution in [0.2, 0.25) is 0 Å². The van der Waals surface area contributed by atoms with Crippen molar-refractivity contribution in [2.75, 3.05) is 14.2 Å². The lowest BCUT2D eigenvalue weighted by Crippen LogP contribution is -2.24. The Hall–Kier alpha value is -2.69. The Bertz CT molecular complexity index is 924. The van der Waals surface area contributed by atoms with E-state index >= 15 is 0 Å². The normalized spacial score (nSPS) is 15.3. The third-order valence-corrected chi connectivity index (χ3v) is 5.69. The molecule has 3 aromatic rings. The van der Waals surface area contributed by atoms with Crippen LogP contribution in [0, 0.1) is 5.41 Å². The molecule has 1 aliphatic carbocycles. The van der Waals surface area contributed by atoms with Crippen molar-refractivity contribution < 1.29 is 14.3 Å². The SMILES string of the molecule is COc1ccc2c3ccc(OC)cc3n(CCCC3(C(N)=O)CC3)c2c1. The Morgan fingerprint density at radius 2 is 1.58 bits per heavy atom. The van der Waals surface area contributed by atoms with Crippen LogP contribution < -0.4 is 15.2 Å². The van der Waals surface area contributed by atoms with E-state index in [1.807, 2.05) is 12.1 Å². The Labute approximate surface area is 152 Å². The number of hydrogen-bond acceptors (Lipinski definition) is 3. The molecule has 1 aliphatic rings. The van der Waals surface area contributed by atoms with Gasteiger partial charge in [0.05, 0.1) is 25.3 Å². The van der Waals surface area contributed by atoms with Crippen molar-refractivity contribution in [3.05, 3.63) is 36.4 Å². The van der Waals surface area contributed by atoms with Crippen molar-refractivity contribution in [1.82, 2.24) is 4.57 Å². The number of aryl methyl sites for hydroxylation is 1. The summed E-state index contributed by atoms with van der Waals surface area (Å²) in [6.07, 6.45) is 3.61. The van der Waals surface area contributed by atoms with Gasteiger partial charge in [-0.3, -0.25) is 4.79 Å². The number of carbonyl (C=O) groups excluding carboxylic acids is 1. The molecule has 2 aromatic carbocycles. The zero-order valence-corrected chi connectivity index (χ0v) is 15.2. The summed E-state index contributed by atoms with van der Waals surface area (Å²) in [7, 11) is 3.36. The second kappa shape index (κ2) is 6.24. The summed E-state index contributed by atoms with van der Waals surface area (Å²) >= 11 is 0. The zero-order chi connectivity index (χ0) is 18.3. The number of nitrogens with two attached hydrogens (primary N) is 1. The maximum atomic E-state index is 11.7. The van der Waals surface area contributed by atoms with E-state index in [1.165, 1.54) is 10.8 Å². The third kappa shape index (κ3) is 2.68. The predicted octanol–water partition coefficient (Wildman–Crippen LogP) is 3.86. The quantitative estimate of drug-likeness (QED) is 0.702. The van der Waals surface area contributed by atoms with Gasteiger partial charge in [-0.1, -0.05) is 0 Å². The van der Waals surface area contributed by atoms with Crippen molar-refractivity contribution in [3.8, 4) is 11.5 Å². The molecular formula is C21H24N2O3. The number of methoxy groups -OCH3 is 2. The average molecular weight is 352 g/mol. The number of amides is 1. The van der Waals surface area contributed by atoms with Crippen LogP contribution in [0.15, 0.2) is 36.4 Å². The lowest BCUT2D eigenvalue weighted by molar-refractivity contribution is -0.123. The minimum absolute atomic E-state index is 0.150. The maximum absolute atomic E-state index is 11.7. The summed E-state index contributed by atoms with van der Waals surface area (Å²) in [6, 6.07) is 12.3. The summed E-state index contributed by atoms with van der Waals surface area (Å²) in [5.41, 5.74) is 7.59. The van der Waals surface area contributed by atoms with Gasteiger partial charge in [0.1, 0.15) is 11.5 Å². The Morgan fingerprint density at radius 3 is 2.00 bits per heavy atom. The molecule has 0 radical (unpaired) electrons. The topological polar surface area (TPSA) is 66.5 Å². The number of primary amides is 1. The largest absolute Gasteiger partial charge is 0.497 e. The molecule has 5 heteroatoms. The Balaban J connectivity index is 1.75. The molecule has 1 heterocycles. The zero-order valence-electron chi connectivity index (χ0n) is 15.2. The van der Waals surface area contributed by atoms with E-state index < -0.39 is 0 Å². The van der Waals surface area contributed by atoms with Crippen LogP contribution in [-0.2, 0) is 11.3 Å². The molecule has 136 valence electrons. The number of ether oxygens (including phenoxy) is 2. The molecule has 0 unspecified atom stereocenters. The van der Waals surface area contributed by atoms with Gasteiger partial charge in [0.15, 0.2) is 0 Å². The highest BCUT2D eigenvalue weighted by Gasteiger charge is 2.47. The average Bonchev–Trinajstić information content (AvgIpc) is 3.40. The number of nitrogens with zero attached hydrogens (tertiary/aromatic N) is 1. The molecule has 5 nitrogen and oxygen atoms in total. The van der Waals surface area contributed by atoms with E-state index in [1.54, 1.807) is 14.2 Å². The highest BCUT2D eigenvalue weighted by atomic mass is 16.5. The molecule has 1 amide bonds.